The van der Waals surface area contributed by atoms with Crippen LogP contribution in [0.3, 0.4) is 0 Å². The molecule has 0 aliphatic rings. The van der Waals surface area contributed by atoms with Gasteiger partial charge in [0.25, 0.3) is 0 Å². The van der Waals surface area contributed by atoms with E-state index in [4.69, 9.17) is 0 Å². The molecule has 0 fully saturated rings. The van der Waals surface area contributed by atoms with Crippen LogP contribution in [-0.2, 0) is 20.0 Å². The molecule has 0 saturated heterocycles. The summed E-state index contributed by atoms with van der Waals surface area (Å²) in [5, 5.41) is 7.79. The Kier molecular flexibility index (Phi) is 7.15. The lowest BCUT2D eigenvalue weighted by molar-refractivity contribution is -0.0498. The number of hydrogen-bond donors (Lipinski definition) is 1. The molecule has 0 atom stereocenters. The molecule has 0 spiro atoms. The molecule has 0 aliphatic carbocycles. The molecule has 8 heteroatoms. The van der Waals surface area contributed by atoms with E-state index in [2.05, 4.69) is 27.1 Å². The third-order valence-electron chi connectivity index (χ3n) is 4.46. The molecule has 0 amide bonds. The minimum atomic E-state index is -2.81. The summed E-state index contributed by atoms with van der Waals surface area (Å²) in [5.74, 6) is 0.920. The summed E-state index contributed by atoms with van der Waals surface area (Å²) in [6, 6.07) is 6.62. The zero-order chi connectivity index (χ0) is 20.0. The number of guanidine groups is 1. The first-order valence-corrected chi connectivity index (χ1v) is 8.76. The fourth-order valence-electron chi connectivity index (χ4n) is 2.99. The van der Waals surface area contributed by atoms with Crippen molar-refractivity contribution >= 4 is 5.96 Å². The van der Waals surface area contributed by atoms with Crippen LogP contribution < -0.4 is 10.1 Å². The van der Waals surface area contributed by atoms with Crippen LogP contribution in [0, 0.1) is 13.8 Å². The average molecular weight is 379 g/mol. The van der Waals surface area contributed by atoms with Crippen molar-refractivity contribution in [3.63, 3.8) is 0 Å². The standard InChI is InChI=1S/C19H27F2N5O/c1-13-17(14(2)26(5)24-13)10-11-23-19(22-3)25(4)12-15-6-8-16(9-7-15)27-18(20)21/h6-9,18H,10-12H2,1-5H3,(H,22,23). The molecule has 1 heterocycles. The Hall–Kier alpha value is -2.64. The van der Waals surface area contributed by atoms with Crippen molar-refractivity contribution in [1.82, 2.24) is 20.0 Å². The molecule has 1 N–H and O–H groups in total. The van der Waals surface area contributed by atoms with Gasteiger partial charge in [0, 0.05) is 39.9 Å². The molecule has 0 unspecified atom stereocenters. The monoisotopic (exact) mass is 379 g/mol. The third-order valence-corrected chi connectivity index (χ3v) is 4.46. The number of alkyl halides is 2. The fraction of sp³-hybridized carbons (Fsp3) is 0.474. The van der Waals surface area contributed by atoms with Crippen LogP contribution >= 0.6 is 0 Å². The number of rotatable bonds is 7. The Labute approximate surface area is 158 Å². The SMILES string of the molecule is CN=C(NCCc1c(C)nn(C)c1C)N(C)Cc1ccc(OC(F)F)cc1. The summed E-state index contributed by atoms with van der Waals surface area (Å²) in [7, 11) is 5.61. The van der Waals surface area contributed by atoms with Crippen molar-refractivity contribution in [2.45, 2.75) is 33.4 Å². The summed E-state index contributed by atoms with van der Waals surface area (Å²) in [5.41, 5.74) is 4.44. The van der Waals surface area contributed by atoms with E-state index >= 15 is 0 Å². The molecular formula is C19H27F2N5O. The summed E-state index contributed by atoms with van der Waals surface area (Å²) < 4.78 is 30.7. The molecule has 27 heavy (non-hydrogen) atoms. The predicted molar refractivity (Wildman–Crippen MR) is 102 cm³/mol. The number of halogens is 2. The highest BCUT2D eigenvalue weighted by molar-refractivity contribution is 5.79. The van der Waals surface area contributed by atoms with Crippen LogP contribution in [0.15, 0.2) is 29.3 Å². The molecule has 148 valence electrons. The van der Waals surface area contributed by atoms with Crippen molar-refractivity contribution in [2.75, 3.05) is 20.6 Å². The normalized spacial score (nSPS) is 11.8. The smallest absolute Gasteiger partial charge is 0.387 e. The lowest BCUT2D eigenvalue weighted by Gasteiger charge is -2.22. The Morgan fingerprint density at radius 3 is 2.48 bits per heavy atom. The van der Waals surface area contributed by atoms with Crippen molar-refractivity contribution in [3.8, 4) is 5.75 Å². The van der Waals surface area contributed by atoms with Gasteiger partial charge in [0.2, 0.25) is 0 Å². The first kappa shape index (κ1) is 20.7. The molecule has 6 nitrogen and oxygen atoms in total. The summed E-state index contributed by atoms with van der Waals surface area (Å²) in [6.45, 7) is 2.61. The van der Waals surface area contributed by atoms with Gasteiger partial charge in [-0.05, 0) is 43.5 Å². The van der Waals surface area contributed by atoms with Crippen molar-refractivity contribution in [2.24, 2.45) is 12.0 Å². The van der Waals surface area contributed by atoms with Crippen LogP contribution in [0.4, 0.5) is 8.78 Å². The maximum absolute atomic E-state index is 12.2. The molecule has 2 rings (SSSR count). The minimum absolute atomic E-state index is 0.154. The highest BCUT2D eigenvalue weighted by Gasteiger charge is 2.11. The van der Waals surface area contributed by atoms with Crippen molar-refractivity contribution in [3.05, 3.63) is 46.8 Å². The molecule has 1 aromatic heterocycles. The maximum atomic E-state index is 12.2. The summed E-state index contributed by atoms with van der Waals surface area (Å²) >= 11 is 0. The average Bonchev–Trinajstić information content (AvgIpc) is 2.85. The number of benzene rings is 1. The van der Waals surface area contributed by atoms with E-state index in [1.54, 1.807) is 31.3 Å². The minimum Gasteiger partial charge on any atom is -0.435 e. The number of nitrogens with zero attached hydrogens (tertiary/aromatic N) is 4. The molecule has 0 radical (unpaired) electrons. The number of aromatic nitrogens is 2. The number of aryl methyl sites for hydroxylation is 2. The Bertz CT molecular complexity index is 771. The highest BCUT2D eigenvalue weighted by Crippen LogP contribution is 2.16. The maximum Gasteiger partial charge on any atom is 0.387 e. The van der Waals surface area contributed by atoms with E-state index in [0.717, 1.165) is 30.2 Å². The lowest BCUT2D eigenvalue weighted by atomic mass is 10.1. The van der Waals surface area contributed by atoms with Gasteiger partial charge in [0.15, 0.2) is 5.96 Å². The Morgan fingerprint density at radius 1 is 1.30 bits per heavy atom. The van der Waals surface area contributed by atoms with Gasteiger partial charge in [-0.3, -0.25) is 9.67 Å². The van der Waals surface area contributed by atoms with E-state index < -0.39 is 6.61 Å². The van der Waals surface area contributed by atoms with E-state index in [-0.39, 0.29) is 5.75 Å². The van der Waals surface area contributed by atoms with Gasteiger partial charge in [0.05, 0.1) is 5.69 Å². The molecule has 0 aliphatic heterocycles. The second-order valence-corrected chi connectivity index (χ2v) is 6.38. The van der Waals surface area contributed by atoms with Gasteiger partial charge in [-0.25, -0.2) is 0 Å². The highest BCUT2D eigenvalue weighted by atomic mass is 19.3. The second-order valence-electron chi connectivity index (χ2n) is 6.38. The largest absolute Gasteiger partial charge is 0.435 e. The number of hydrogen-bond acceptors (Lipinski definition) is 3. The Balaban J connectivity index is 1.89. The molecule has 0 bridgehead atoms. The zero-order valence-electron chi connectivity index (χ0n) is 16.5. The van der Waals surface area contributed by atoms with Crippen LogP contribution in [0.1, 0.15) is 22.5 Å². The topological polar surface area (TPSA) is 54.7 Å². The van der Waals surface area contributed by atoms with Gasteiger partial charge in [-0.2, -0.15) is 13.9 Å². The van der Waals surface area contributed by atoms with Gasteiger partial charge < -0.3 is 15.0 Å². The zero-order valence-corrected chi connectivity index (χ0v) is 16.5. The molecule has 1 aromatic carbocycles. The molecule has 2 aromatic rings. The molecular weight excluding hydrogens is 352 g/mol. The first-order valence-electron chi connectivity index (χ1n) is 8.76. The van der Waals surface area contributed by atoms with Crippen LogP contribution in [0.5, 0.6) is 5.75 Å². The van der Waals surface area contributed by atoms with Crippen LogP contribution in [0.25, 0.3) is 0 Å². The van der Waals surface area contributed by atoms with Gasteiger partial charge in [0.1, 0.15) is 5.75 Å². The molecule has 0 saturated carbocycles. The van der Waals surface area contributed by atoms with E-state index in [0.29, 0.717) is 6.54 Å². The number of ether oxygens (including phenoxy) is 1. The second kappa shape index (κ2) is 9.34. The lowest BCUT2D eigenvalue weighted by Crippen LogP contribution is -2.39. The quantitative estimate of drug-likeness (QED) is 0.594. The van der Waals surface area contributed by atoms with E-state index in [9.17, 15) is 8.78 Å². The van der Waals surface area contributed by atoms with Crippen LogP contribution in [0.2, 0.25) is 0 Å². The number of aliphatic imine (C=N–C) groups is 1. The van der Waals surface area contributed by atoms with E-state index in [1.807, 2.05) is 30.6 Å². The fourth-order valence-corrected chi connectivity index (χ4v) is 2.99. The number of nitrogens with one attached hydrogen (secondary N) is 1. The van der Waals surface area contributed by atoms with Gasteiger partial charge in [-0.15, -0.1) is 0 Å². The van der Waals surface area contributed by atoms with E-state index in [1.165, 1.54) is 11.3 Å². The Morgan fingerprint density at radius 2 is 1.96 bits per heavy atom. The van der Waals surface area contributed by atoms with Gasteiger partial charge in [-0.1, -0.05) is 12.1 Å². The first-order chi connectivity index (χ1) is 12.8. The summed E-state index contributed by atoms with van der Waals surface area (Å²) in [6.07, 6.45) is 0.859. The predicted octanol–water partition coefficient (Wildman–Crippen LogP) is 2.89. The van der Waals surface area contributed by atoms with Crippen molar-refractivity contribution in [1.29, 1.82) is 0 Å². The summed E-state index contributed by atoms with van der Waals surface area (Å²) in [4.78, 5) is 6.29. The van der Waals surface area contributed by atoms with Crippen LogP contribution in [-0.4, -0.2) is 47.9 Å². The van der Waals surface area contributed by atoms with Gasteiger partial charge >= 0.3 is 6.61 Å². The third kappa shape index (κ3) is 5.67. The van der Waals surface area contributed by atoms with Crippen molar-refractivity contribution < 1.29 is 13.5 Å².